The second kappa shape index (κ2) is 11.5. The first-order chi connectivity index (χ1) is 17.6. The number of oxazole rings is 1. The van der Waals surface area contributed by atoms with Gasteiger partial charge in [0.05, 0.1) is 22.4 Å². The molecule has 1 aliphatic heterocycles. The van der Waals surface area contributed by atoms with E-state index in [0.29, 0.717) is 29.4 Å². The Labute approximate surface area is 226 Å². The number of carbonyl (C=O) groups excluding carboxylic acids is 2. The van der Waals surface area contributed by atoms with Crippen molar-refractivity contribution in [2.75, 3.05) is 23.7 Å². The molecule has 0 radical (unpaired) electrons. The van der Waals surface area contributed by atoms with Crippen LogP contribution in [0.1, 0.15) is 61.2 Å². The lowest BCUT2D eigenvalue weighted by atomic mass is 9.94. The normalized spacial score (nSPS) is 15.9. The smallest absolute Gasteiger partial charge is 0.254 e. The zero-order valence-electron chi connectivity index (χ0n) is 21.7. The van der Waals surface area contributed by atoms with Crippen LogP contribution in [-0.2, 0) is 16.0 Å². The topological polar surface area (TPSA) is 100 Å². The van der Waals surface area contributed by atoms with Crippen LogP contribution in [0.5, 0.6) is 0 Å². The highest BCUT2D eigenvalue weighted by Crippen LogP contribution is 2.32. The lowest BCUT2D eigenvalue weighted by Crippen LogP contribution is -2.45. The van der Waals surface area contributed by atoms with Crippen LogP contribution in [0.2, 0.25) is 0 Å². The molecule has 1 aromatic carbocycles. The molecular formula is C27H33N5O3S2. The minimum absolute atomic E-state index is 0.00144. The number of carbonyl (C=O) groups is 2. The van der Waals surface area contributed by atoms with E-state index in [2.05, 4.69) is 48.0 Å². The Kier molecular flexibility index (Phi) is 8.39. The zero-order valence-corrected chi connectivity index (χ0v) is 23.3. The molecule has 1 atom stereocenters. The highest BCUT2D eigenvalue weighted by atomic mass is 32.2. The zero-order chi connectivity index (χ0) is 26.6. The molecule has 37 heavy (non-hydrogen) atoms. The summed E-state index contributed by atoms with van der Waals surface area (Å²) in [6.45, 7) is 13.0. The first-order valence-corrected chi connectivity index (χ1v) is 14.1. The van der Waals surface area contributed by atoms with Gasteiger partial charge in [0, 0.05) is 35.8 Å². The lowest BCUT2D eigenvalue weighted by Gasteiger charge is -2.33. The molecule has 0 aliphatic carbocycles. The monoisotopic (exact) mass is 539 g/mol. The van der Waals surface area contributed by atoms with Crippen LogP contribution in [-0.4, -0.2) is 45.8 Å². The van der Waals surface area contributed by atoms with E-state index in [0.717, 1.165) is 40.1 Å². The number of rotatable bonds is 8. The van der Waals surface area contributed by atoms with Gasteiger partial charge in [-0.05, 0) is 49.6 Å². The highest BCUT2D eigenvalue weighted by molar-refractivity contribution is 8.00. The molecule has 0 unspecified atom stereocenters. The summed E-state index contributed by atoms with van der Waals surface area (Å²) in [5, 5.41) is 7.10. The Bertz CT molecular complexity index is 1280. The number of anilines is 2. The van der Waals surface area contributed by atoms with Gasteiger partial charge in [0.15, 0.2) is 5.13 Å². The van der Waals surface area contributed by atoms with Gasteiger partial charge in [-0.25, -0.2) is 9.97 Å². The Balaban J connectivity index is 1.32. The number of thioether (sulfide) groups is 1. The Morgan fingerprint density at radius 3 is 2.81 bits per heavy atom. The van der Waals surface area contributed by atoms with Crippen molar-refractivity contribution in [3.05, 3.63) is 66.0 Å². The van der Waals surface area contributed by atoms with E-state index < -0.39 is 0 Å². The van der Waals surface area contributed by atoms with E-state index in [4.69, 9.17) is 4.42 Å². The van der Waals surface area contributed by atoms with Gasteiger partial charge in [-0.15, -0.1) is 11.8 Å². The second-order valence-corrected chi connectivity index (χ2v) is 12.4. The van der Waals surface area contributed by atoms with Crippen molar-refractivity contribution in [3.8, 4) is 0 Å². The molecule has 2 aromatic heterocycles. The number of nitrogens with zero attached hydrogens (tertiary/aromatic N) is 3. The summed E-state index contributed by atoms with van der Waals surface area (Å²) in [5.74, 6) is 1.97. The number of piperidine rings is 1. The third-order valence-electron chi connectivity index (χ3n) is 6.06. The van der Waals surface area contributed by atoms with Crippen molar-refractivity contribution in [2.45, 2.75) is 62.0 Å². The van der Waals surface area contributed by atoms with Crippen LogP contribution in [0, 0.1) is 6.92 Å². The van der Waals surface area contributed by atoms with Gasteiger partial charge >= 0.3 is 0 Å². The molecule has 3 aromatic rings. The highest BCUT2D eigenvalue weighted by Gasteiger charge is 2.26. The maximum atomic E-state index is 13.3. The quantitative estimate of drug-likeness (QED) is 0.273. The first kappa shape index (κ1) is 26.9. The van der Waals surface area contributed by atoms with Crippen LogP contribution in [0.25, 0.3) is 0 Å². The standard InChI is InChI=1S/C27H33N5O3S2/c1-6-22(33)30-18-9-10-20(17(2)12-18)25(34)32-11-7-8-19(15-32)31-26-29-14-24(37-26)36-16-23-28-13-21(35-23)27(3,4)5/h6,9-10,12-14,19H,1,7-8,11,15-16H2,2-5H3,(H,29,31)(H,30,33)/t19-/m1/s1. The average Bonchev–Trinajstić information content (AvgIpc) is 3.52. The molecule has 2 N–H and O–H groups in total. The number of likely N-dealkylation sites (tertiary alicyclic amines) is 1. The van der Waals surface area contributed by atoms with Crippen molar-refractivity contribution in [2.24, 2.45) is 0 Å². The van der Waals surface area contributed by atoms with Gasteiger partial charge in [-0.3, -0.25) is 9.59 Å². The van der Waals surface area contributed by atoms with Crippen LogP contribution < -0.4 is 10.6 Å². The predicted molar refractivity (Wildman–Crippen MR) is 149 cm³/mol. The maximum absolute atomic E-state index is 13.3. The number of nitrogens with one attached hydrogen (secondary N) is 2. The molecular weight excluding hydrogens is 506 g/mol. The summed E-state index contributed by atoms with van der Waals surface area (Å²) in [5.41, 5.74) is 2.06. The van der Waals surface area contributed by atoms with Gasteiger partial charge in [-0.1, -0.05) is 38.7 Å². The first-order valence-electron chi connectivity index (χ1n) is 12.3. The summed E-state index contributed by atoms with van der Waals surface area (Å²) in [4.78, 5) is 35.6. The van der Waals surface area contributed by atoms with E-state index in [1.165, 1.54) is 6.08 Å². The van der Waals surface area contributed by atoms with E-state index in [1.807, 2.05) is 30.3 Å². The van der Waals surface area contributed by atoms with E-state index in [1.54, 1.807) is 35.2 Å². The minimum atomic E-state index is -0.278. The lowest BCUT2D eigenvalue weighted by molar-refractivity contribution is -0.111. The van der Waals surface area contributed by atoms with Gasteiger partial charge in [0.25, 0.3) is 5.91 Å². The molecule has 8 nitrogen and oxygen atoms in total. The Morgan fingerprint density at radius 2 is 2.11 bits per heavy atom. The van der Waals surface area contributed by atoms with Crippen LogP contribution in [0.4, 0.5) is 10.8 Å². The fraction of sp³-hybridized carbons (Fsp3) is 0.407. The fourth-order valence-electron chi connectivity index (χ4n) is 4.05. The van der Waals surface area contributed by atoms with Crippen LogP contribution >= 0.6 is 23.1 Å². The number of aromatic nitrogens is 2. The molecule has 1 aliphatic rings. The summed E-state index contributed by atoms with van der Waals surface area (Å²) in [7, 11) is 0. The molecule has 0 spiro atoms. The van der Waals surface area contributed by atoms with Crippen molar-refractivity contribution in [1.82, 2.24) is 14.9 Å². The molecule has 0 bridgehead atoms. The summed E-state index contributed by atoms with van der Waals surface area (Å²) < 4.78 is 6.97. The van der Waals surface area contributed by atoms with E-state index >= 15 is 0 Å². The van der Waals surface area contributed by atoms with Crippen molar-refractivity contribution in [3.63, 3.8) is 0 Å². The molecule has 1 fully saturated rings. The number of amides is 2. The minimum Gasteiger partial charge on any atom is -0.444 e. The number of thiazole rings is 1. The number of hydrogen-bond donors (Lipinski definition) is 2. The van der Waals surface area contributed by atoms with Crippen molar-refractivity contribution in [1.29, 1.82) is 0 Å². The van der Waals surface area contributed by atoms with Gasteiger partial charge in [0.2, 0.25) is 11.8 Å². The summed E-state index contributed by atoms with van der Waals surface area (Å²) in [6, 6.07) is 5.47. The second-order valence-electron chi connectivity index (χ2n) is 10.1. The third-order valence-corrected chi connectivity index (χ3v) is 8.17. The molecule has 0 saturated carbocycles. The van der Waals surface area contributed by atoms with E-state index in [-0.39, 0.29) is 23.3 Å². The van der Waals surface area contributed by atoms with Crippen LogP contribution in [0.15, 0.2) is 51.9 Å². The van der Waals surface area contributed by atoms with E-state index in [9.17, 15) is 9.59 Å². The van der Waals surface area contributed by atoms with Crippen LogP contribution in [0.3, 0.4) is 0 Å². The molecule has 3 heterocycles. The maximum Gasteiger partial charge on any atom is 0.254 e. The number of hydrogen-bond acceptors (Lipinski definition) is 8. The molecule has 196 valence electrons. The largest absolute Gasteiger partial charge is 0.444 e. The number of benzene rings is 1. The van der Waals surface area contributed by atoms with Gasteiger partial charge in [0.1, 0.15) is 5.76 Å². The van der Waals surface area contributed by atoms with Gasteiger partial charge in [-0.2, -0.15) is 0 Å². The summed E-state index contributed by atoms with van der Waals surface area (Å²) in [6.07, 6.45) is 6.79. The Morgan fingerprint density at radius 1 is 1.30 bits per heavy atom. The number of aryl methyl sites for hydroxylation is 1. The summed E-state index contributed by atoms with van der Waals surface area (Å²) >= 11 is 3.26. The fourth-order valence-corrected chi connectivity index (χ4v) is 5.85. The molecule has 2 amide bonds. The molecule has 1 saturated heterocycles. The SMILES string of the molecule is C=CC(=O)Nc1ccc(C(=O)N2CCC[C@@H](Nc3ncc(SCc4ncc(C(C)(C)C)o4)s3)C2)c(C)c1. The average molecular weight is 540 g/mol. The third kappa shape index (κ3) is 7.01. The van der Waals surface area contributed by atoms with Crippen molar-refractivity contribution < 1.29 is 14.0 Å². The van der Waals surface area contributed by atoms with Crippen molar-refractivity contribution >= 4 is 45.7 Å². The Hall–Kier alpha value is -3.11. The molecule has 10 heteroatoms. The van der Waals surface area contributed by atoms with Gasteiger partial charge < -0.3 is 20.0 Å². The molecule has 4 rings (SSSR count). The predicted octanol–water partition coefficient (Wildman–Crippen LogP) is 5.87.